The number of carbonyl (C=O) groups excluding carboxylic acids is 2. The molecule has 4 unspecified atom stereocenters. The summed E-state index contributed by atoms with van der Waals surface area (Å²) in [6, 6.07) is -0.178. The van der Waals surface area contributed by atoms with Gasteiger partial charge < -0.3 is 4.74 Å². The molecule has 2 fully saturated rings. The van der Waals surface area contributed by atoms with Gasteiger partial charge in [0.2, 0.25) is 6.08 Å². The lowest BCUT2D eigenvalue weighted by Gasteiger charge is -2.26. The fourth-order valence-corrected chi connectivity index (χ4v) is 3.15. The van der Waals surface area contributed by atoms with E-state index in [9.17, 15) is 9.59 Å². The third-order valence-electron chi connectivity index (χ3n) is 3.70. The van der Waals surface area contributed by atoms with E-state index in [1.54, 1.807) is 6.08 Å². The van der Waals surface area contributed by atoms with Crippen molar-refractivity contribution in [1.82, 2.24) is 0 Å². The van der Waals surface area contributed by atoms with Crippen molar-refractivity contribution in [2.24, 2.45) is 22.7 Å². The Bertz CT molecular complexity index is 333. The first-order valence-electron chi connectivity index (χ1n) is 5.91. The summed E-state index contributed by atoms with van der Waals surface area (Å²) < 4.78 is 5.23. The summed E-state index contributed by atoms with van der Waals surface area (Å²) in [5, 5.41) is 0. The predicted molar refractivity (Wildman–Crippen MR) is 57.5 cm³/mol. The number of isocyanates is 1. The van der Waals surface area contributed by atoms with Gasteiger partial charge in [0.1, 0.15) is 0 Å². The second kappa shape index (κ2) is 4.38. The first-order chi connectivity index (χ1) is 7.63. The lowest BCUT2D eigenvalue weighted by Crippen LogP contribution is -2.35. The van der Waals surface area contributed by atoms with Crippen molar-refractivity contribution in [2.45, 2.75) is 45.3 Å². The molecule has 0 spiro atoms. The maximum absolute atomic E-state index is 11.9. The minimum absolute atomic E-state index is 0.104. The molecule has 2 aliphatic carbocycles. The third-order valence-corrected chi connectivity index (χ3v) is 3.70. The van der Waals surface area contributed by atoms with Crippen LogP contribution in [0.1, 0.15) is 33.1 Å². The highest BCUT2D eigenvalue weighted by Gasteiger charge is 2.52. The molecule has 88 valence electrons. The number of fused-ring (bicyclic) bond motifs is 2. The van der Waals surface area contributed by atoms with Gasteiger partial charge in [0.15, 0.2) is 0 Å². The quantitative estimate of drug-likeness (QED) is 0.415. The number of carbonyl (C=O) groups is 1. The van der Waals surface area contributed by atoms with Crippen molar-refractivity contribution in [2.75, 3.05) is 0 Å². The van der Waals surface area contributed by atoms with Crippen LogP contribution in [0.25, 0.3) is 0 Å². The molecule has 0 N–H and O–H groups in total. The van der Waals surface area contributed by atoms with E-state index in [0.717, 1.165) is 19.3 Å². The van der Waals surface area contributed by atoms with Crippen molar-refractivity contribution >= 4 is 12.0 Å². The summed E-state index contributed by atoms with van der Waals surface area (Å²) in [6.45, 7) is 3.67. The van der Waals surface area contributed by atoms with Crippen LogP contribution in [0.5, 0.6) is 0 Å². The van der Waals surface area contributed by atoms with E-state index in [0.29, 0.717) is 11.8 Å². The zero-order valence-electron chi connectivity index (χ0n) is 9.68. The Morgan fingerprint density at radius 2 is 2.06 bits per heavy atom. The Morgan fingerprint density at radius 1 is 1.38 bits per heavy atom. The zero-order chi connectivity index (χ0) is 11.7. The molecule has 0 radical (unpaired) electrons. The van der Waals surface area contributed by atoms with Gasteiger partial charge in [-0.25, -0.2) is 9.79 Å². The molecule has 0 saturated heterocycles. The van der Waals surface area contributed by atoms with Gasteiger partial charge in [-0.15, -0.1) is 0 Å². The second-order valence-corrected chi connectivity index (χ2v) is 5.06. The Balaban J connectivity index is 2.12. The average molecular weight is 223 g/mol. The Hall–Kier alpha value is -1.15. The predicted octanol–water partition coefficient (Wildman–Crippen LogP) is 1.69. The minimum Gasteiger partial charge on any atom is -0.463 e. The molecule has 2 bridgehead atoms. The second-order valence-electron chi connectivity index (χ2n) is 5.06. The lowest BCUT2D eigenvalue weighted by molar-refractivity contribution is -0.154. The fourth-order valence-electron chi connectivity index (χ4n) is 3.15. The van der Waals surface area contributed by atoms with Crippen molar-refractivity contribution in [3.8, 4) is 0 Å². The van der Waals surface area contributed by atoms with Gasteiger partial charge in [-0.2, -0.15) is 0 Å². The van der Waals surface area contributed by atoms with E-state index in [2.05, 4.69) is 4.99 Å². The third kappa shape index (κ3) is 1.90. The first kappa shape index (κ1) is 11.3. The summed E-state index contributed by atoms with van der Waals surface area (Å²) >= 11 is 0. The summed E-state index contributed by atoms with van der Waals surface area (Å²) in [7, 11) is 0. The molecule has 4 atom stereocenters. The van der Waals surface area contributed by atoms with Crippen LogP contribution in [0, 0.1) is 17.8 Å². The molecular formula is C12H17NO3. The summed E-state index contributed by atoms with van der Waals surface area (Å²) in [5.74, 6) is 0.350. The highest BCUT2D eigenvalue weighted by atomic mass is 16.5. The summed E-state index contributed by atoms with van der Waals surface area (Å²) in [5.41, 5.74) is 0. The number of rotatable bonds is 3. The number of nitrogens with zero attached hydrogens (tertiary/aromatic N) is 1. The van der Waals surface area contributed by atoms with Crippen LogP contribution >= 0.6 is 0 Å². The number of esters is 1. The molecule has 2 rings (SSSR count). The van der Waals surface area contributed by atoms with E-state index >= 15 is 0 Å². The van der Waals surface area contributed by atoms with Crippen LogP contribution in [0.3, 0.4) is 0 Å². The Labute approximate surface area is 95.1 Å². The molecule has 2 saturated carbocycles. The van der Waals surface area contributed by atoms with E-state index in [4.69, 9.17) is 4.74 Å². The van der Waals surface area contributed by atoms with Crippen LogP contribution in [0.15, 0.2) is 4.99 Å². The standard InChI is InChI=1S/C12H17NO3/c1-7(2)16-12(15)10-8-3-4-9(5-8)11(10)13-6-14/h7-11H,3-5H2,1-2H3. The monoisotopic (exact) mass is 223 g/mol. The van der Waals surface area contributed by atoms with E-state index in [1.165, 1.54) is 0 Å². The molecule has 0 heterocycles. The van der Waals surface area contributed by atoms with Crippen molar-refractivity contribution in [3.05, 3.63) is 0 Å². The normalized spacial score (nSPS) is 36.2. The van der Waals surface area contributed by atoms with Crippen LogP contribution in [-0.4, -0.2) is 24.2 Å². The van der Waals surface area contributed by atoms with Crippen LogP contribution in [-0.2, 0) is 14.3 Å². The van der Waals surface area contributed by atoms with Crippen LogP contribution in [0.4, 0.5) is 0 Å². The maximum Gasteiger partial charge on any atom is 0.311 e. The molecule has 0 amide bonds. The van der Waals surface area contributed by atoms with Gasteiger partial charge in [-0.05, 0) is 44.9 Å². The molecule has 0 aromatic carbocycles. The van der Waals surface area contributed by atoms with Gasteiger partial charge in [-0.1, -0.05) is 0 Å². The zero-order valence-corrected chi connectivity index (χ0v) is 9.68. The minimum atomic E-state index is -0.206. The highest BCUT2D eigenvalue weighted by molar-refractivity contribution is 5.75. The van der Waals surface area contributed by atoms with E-state index in [-0.39, 0.29) is 24.0 Å². The van der Waals surface area contributed by atoms with Crippen molar-refractivity contribution in [3.63, 3.8) is 0 Å². The Morgan fingerprint density at radius 3 is 2.69 bits per heavy atom. The molecular weight excluding hydrogens is 206 g/mol. The number of aliphatic imine (C=N–C) groups is 1. The largest absolute Gasteiger partial charge is 0.463 e. The SMILES string of the molecule is CC(C)OC(=O)C1C2CCC(C2)C1N=C=O. The van der Waals surface area contributed by atoms with Gasteiger partial charge in [0.05, 0.1) is 18.1 Å². The average Bonchev–Trinajstić information content (AvgIpc) is 2.76. The van der Waals surface area contributed by atoms with Gasteiger partial charge in [0.25, 0.3) is 0 Å². The molecule has 4 heteroatoms. The lowest BCUT2D eigenvalue weighted by atomic mass is 9.85. The molecule has 0 aromatic heterocycles. The topological polar surface area (TPSA) is 55.7 Å². The van der Waals surface area contributed by atoms with Crippen LogP contribution in [0.2, 0.25) is 0 Å². The summed E-state index contributed by atoms with van der Waals surface area (Å²) in [6.07, 6.45) is 4.64. The summed E-state index contributed by atoms with van der Waals surface area (Å²) in [4.78, 5) is 26.1. The maximum atomic E-state index is 11.9. The molecule has 16 heavy (non-hydrogen) atoms. The van der Waals surface area contributed by atoms with Crippen molar-refractivity contribution < 1.29 is 14.3 Å². The number of hydrogen-bond donors (Lipinski definition) is 0. The highest BCUT2D eigenvalue weighted by Crippen LogP contribution is 2.50. The van der Waals surface area contributed by atoms with Crippen LogP contribution < -0.4 is 0 Å². The molecule has 0 aromatic rings. The van der Waals surface area contributed by atoms with Gasteiger partial charge in [-0.3, -0.25) is 4.79 Å². The first-order valence-corrected chi connectivity index (χ1v) is 5.91. The van der Waals surface area contributed by atoms with Crippen molar-refractivity contribution in [1.29, 1.82) is 0 Å². The van der Waals surface area contributed by atoms with Gasteiger partial charge in [0, 0.05) is 0 Å². The molecule has 4 nitrogen and oxygen atoms in total. The number of ether oxygens (including phenoxy) is 1. The molecule has 0 aliphatic heterocycles. The smallest absolute Gasteiger partial charge is 0.311 e. The van der Waals surface area contributed by atoms with Gasteiger partial charge >= 0.3 is 5.97 Å². The fraction of sp³-hybridized carbons (Fsp3) is 0.833. The number of hydrogen-bond acceptors (Lipinski definition) is 4. The van der Waals surface area contributed by atoms with E-state index in [1.807, 2.05) is 13.8 Å². The Kier molecular flexibility index (Phi) is 3.10. The van der Waals surface area contributed by atoms with E-state index < -0.39 is 0 Å². The molecule has 2 aliphatic rings.